The van der Waals surface area contributed by atoms with Crippen LogP contribution in [0.5, 0.6) is 0 Å². The van der Waals surface area contributed by atoms with Gasteiger partial charge in [0, 0.05) is 13.7 Å². The first-order valence-electron chi connectivity index (χ1n) is 5.87. The molecule has 0 saturated carbocycles. The van der Waals surface area contributed by atoms with Crippen LogP contribution in [-0.4, -0.2) is 40.3 Å². The van der Waals surface area contributed by atoms with Crippen LogP contribution in [0, 0.1) is 0 Å². The molecule has 1 aromatic carbocycles. The van der Waals surface area contributed by atoms with Crippen molar-refractivity contribution in [2.75, 3.05) is 30.7 Å². The van der Waals surface area contributed by atoms with E-state index in [1.807, 2.05) is 0 Å². The lowest BCUT2D eigenvalue weighted by atomic mass is 10.2. The quantitative estimate of drug-likeness (QED) is 0.727. The van der Waals surface area contributed by atoms with E-state index in [0.29, 0.717) is 13.2 Å². The second kappa shape index (κ2) is 7.10. The van der Waals surface area contributed by atoms with E-state index in [1.54, 1.807) is 24.3 Å². The molecule has 1 rings (SSSR count). The number of rotatable bonds is 7. The number of hydrogen-bond donors (Lipinski definition) is 2. The van der Waals surface area contributed by atoms with Gasteiger partial charge < -0.3 is 10.1 Å². The van der Waals surface area contributed by atoms with Gasteiger partial charge in [-0.25, -0.2) is 8.42 Å². The van der Waals surface area contributed by atoms with Crippen molar-refractivity contribution in [3.8, 4) is 0 Å². The van der Waals surface area contributed by atoms with E-state index in [4.69, 9.17) is 4.74 Å². The summed E-state index contributed by atoms with van der Waals surface area (Å²) >= 11 is 0. The highest BCUT2D eigenvalue weighted by Gasteiger charge is 2.14. The summed E-state index contributed by atoms with van der Waals surface area (Å²) < 4.78 is 30.3. The molecule has 0 unspecified atom stereocenters. The molecule has 1 aromatic rings. The highest BCUT2D eigenvalue weighted by atomic mass is 32.2. The van der Waals surface area contributed by atoms with Crippen LogP contribution in [0.2, 0.25) is 0 Å². The van der Waals surface area contributed by atoms with Gasteiger partial charge in [-0.3, -0.25) is 9.52 Å². The van der Waals surface area contributed by atoms with Gasteiger partial charge in [0.1, 0.15) is 0 Å². The molecular formula is C12H18N2O4S. The van der Waals surface area contributed by atoms with Crippen LogP contribution >= 0.6 is 0 Å². The molecule has 106 valence electrons. The third kappa shape index (κ3) is 4.88. The molecule has 0 aromatic heterocycles. The minimum absolute atomic E-state index is 0.0490. The van der Waals surface area contributed by atoms with Crippen LogP contribution in [0.4, 0.5) is 5.69 Å². The molecule has 0 aliphatic rings. The fraction of sp³-hybridized carbons (Fsp3) is 0.417. The third-order valence-electron chi connectivity index (χ3n) is 2.41. The molecule has 6 nitrogen and oxygen atoms in total. The first-order valence-corrected chi connectivity index (χ1v) is 7.52. The average Bonchev–Trinajstić information content (AvgIpc) is 2.39. The van der Waals surface area contributed by atoms with Gasteiger partial charge in [0.25, 0.3) is 5.91 Å². The van der Waals surface area contributed by atoms with E-state index in [0.717, 1.165) is 0 Å². The topological polar surface area (TPSA) is 84.5 Å². The van der Waals surface area contributed by atoms with Crippen molar-refractivity contribution in [1.29, 1.82) is 0 Å². The zero-order chi connectivity index (χ0) is 14.3. The van der Waals surface area contributed by atoms with E-state index in [2.05, 4.69) is 10.0 Å². The minimum atomic E-state index is -3.41. The maximum absolute atomic E-state index is 11.9. The van der Waals surface area contributed by atoms with E-state index in [-0.39, 0.29) is 22.9 Å². The van der Waals surface area contributed by atoms with Gasteiger partial charge in [-0.2, -0.15) is 0 Å². The lowest BCUT2D eigenvalue weighted by Crippen LogP contribution is -2.28. The van der Waals surface area contributed by atoms with Crippen LogP contribution in [0.1, 0.15) is 17.3 Å². The van der Waals surface area contributed by atoms with E-state index in [9.17, 15) is 13.2 Å². The van der Waals surface area contributed by atoms with Crippen LogP contribution in [0.3, 0.4) is 0 Å². The second-order valence-corrected chi connectivity index (χ2v) is 5.81. The molecule has 0 saturated heterocycles. The largest absolute Gasteiger partial charge is 0.383 e. The predicted molar refractivity (Wildman–Crippen MR) is 73.7 cm³/mol. The molecular weight excluding hydrogens is 268 g/mol. The van der Waals surface area contributed by atoms with Crippen LogP contribution in [0.15, 0.2) is 24.3 Å². The number of anilines is 1. The summed E-state index contributed by atoms with van der Waals surface area (Å²) in [6.07, 6.45) is 0. The van der Waals surface area contributed by atoms with Crippen molar-refractivity contribution in [1.82, 2.24) is 5.32 Å². The Morgan fingerprint density at radius 1 is 1.32 bits per heavy atom. The van der Waals surface area contributed by atoms with Crippen molar-refractivity contribution < 1.29 is 17.9 Å². The normalized spacial score (nSPS) is 11.1. The van der Waals surface area contributed by atoms with Gasteiger partial charge in [-0.1, -0.05) is 12.1 Å². The maximum atomic E-state index is 11.9. The van der Waals surface area contributed by atoms with Gasteiger partial charge in [0.05, 0.1) is 23.6 Å². The molecule has 0 heterocycles. The molecule has 7 heteroatoms. The van der Waals surface area contributed by atoms with Gasteiger partial charge in [-0.15, -0.1) is 0 Å². The number of amides is 1. The Morgan fingerprint density at radius 3 is 2.63 bits per heavy atom. The molecule has 1 amide bonds. The highest BCUT2D eigenvalue weighted by molar-refractivity contribution is 7.92. The summed E-state index contributed by atoms with van der Waals surface area (Å²) in [5.41, 5.74) is 0.565. The Hall–Kier alpha value is -1.60. The fourth-order valence-electron chi connectivity index (χ4n) is 1.37. The fourth-order valence-corrected chi connectivity index (χ4v) is 2.03. The van der Waals surface area contributed by atoms with Gasteiger partial charge >= 0.3 is 0 Å². The number of sulfonamides is 1. The highest BCUT2D eigenvalue weighted by Crippen LogP contribution is 2.16. The Morgan fingerprint density at radius 2 is 2.00 bits per heavy atom. The van der Waals surface area contributed by atoms with Gasteiger partial charge in [-0.05, 0) is 19.1 Å². The molecule has 0 aliphatic heterocycles. The number of benzene rings is 1. The summed E-state index contributed by atoms with van der Waals surface area (Å²) in [4.78, 5) is 11.9. The second-order valence-electron chi connectivity index (χ2n) is 3.80. The van der Waals surface area contributed by atoms with Crippen molar-refractivity contribution >= 4 is 21.6 Å². The van der Waals surface area contributed by atoms with E-state index in [1.165, 1.54) is 14.0 Å². The molecule has 0 aliphatic carbocycles. The van der Waals surface area contributed by atoms with Crippen molar-refractivity contribution in [3.63, 3.8) is 0 Å². The zero-order valence-electron chi connectivity index (χ0n) is 11.0. The van der Waals surface area contributed by atoms with Gasteiger partial charge in [0.15, 0.2) is 0 Å². The first-order chi connectivity index (χ1) is 9.00. The number of ether oxygens (including phenoxy) is 1. The van der Waals surface area contributed by atoms with Gasteiger partial charge in [0.2, 0.25) is 10.0 Å². The number of methoxy groups -OCH3 is 1. The summed E-state index contributed by atoms with van der Waals surface area (Å²) in [5.74, 6) is -0.390. The molecule has 0 radical (unpaired) electrons. The van der Waals surface area contributed by atoms with Crippen LogP contribution in [-0.2, 0) is 14.8 Å². The van der Waals surface area contributed by atoms with Crippen molar-refractivity contribution in [2.45, 2.75) is 6.92 Å². The number of carbonyl (C=O) groups is 1. The summed E-state index contributed by atoms with van der Waals surface area (Å²) in [6.45, 7) is 2.29. The average molecular weight is 286 g/mol. The standard InChI is InChI=1S/C12H18N2O4S/c1-3-19(16,17)14-11-7-5-4-6-10(11)12(15)13-8-9-18-2/h4-7,14H,3,8-9H2,1-2H3,(H,13,15). The van der Waals surface area contributed by atoms with E-state index < -0.39 is 10.0 Å². The zero-order valence-corrected chi connectivity index (χ0v) is 11.8. The lowest BCUT2D eigenvalue weighted by Gasteiger charge is -2.11. The monoisotopic (exact) mass is 286 g/mol. The van der Waals surface area contributed by atoms with Crippen molar-refractivity contribution in [2.24, 2.45) is 0 Å². The summed E-state index contributed by atoms with van der Waals surface area (Å²) in [5, 5.41) is 2.65. The molecule has 2 N–H and O–H groups in total. The smallest absolute Gasteiger partial charge is 0.253 e. The van der Waals surface area contributed by atoms with Crippen LogP contribution in [0.25, 0.3) is 0 Å². The Labute approximate surface area is 113 Å². The molecule has 0 fully saturated rings. The Bertz CT molecular complexity index is 528. The SMILES string of the molecule is CCS(=O)(=O)Nc1ccccc1C(=O)NCCOC. The molecule has 0 bridgehead atoms. The molecule has 19 heavy (non-hydrogen) atoms. The van der Waals surface area contributed by atoms with Crippen molar-refractivity contribution in [3.05, 3.63) is 29.8 Å². The minimum Gasteiger partial charge on any atom is -0.383 e. The Balaban J connectivity index is 2.87. The maximum Gasteiger partial charge on any atom is 0.253 e. The predicted octanol–water partition coefficient (Wildman–Crippen LogP) is 0.824. The molecule has 0 atom stereocenters. The number of hydrogen-bond acceptors (Lipinski definition) is 4. The number of carbonyl (C=O) groups excluding carboxylic acids is 1. The third-order valence-corrected chi connectivity index (χ3v) is 3.70. The number of nitrogens with one attached hydrogen (secondary N) is 2. The van der Waals surface area contributed by atoms with Crippen LogP contribution < -0.4 is 10.0 Å². The number of para-hydroxylation sites is 1. The lowest BCUT2D eigenvalue weighted by molar-refractivity contribution is 0.0938. The van der Waals surface area contributed by atoms with E-state index >= 15 is 0 Å². The summed E-state index contributed by atoms with van der Waals surface area (Å²) in [6, 6.07) is 6.46. The summed E-state index contributed by atoms with van der Waals surface area (Å²) in [7, 11) is -1.87. The molecule has 0 spiro atoms. The first kappa shape index (κ1) is 15.5. The Kier molecular flexibility index (Phi) is 5.78.